The number of nitrogens with zero attached hydrogens (tertiary/aromatic N) is 2. The molecule has 1 aromatic heterocycles. The number of thiophene rings is 1. The lowest BCUT2D eigenvalue weighted by Crippen LogP contribution is -2.31. The Morgan fingerprint density at radius 1 is 0.731 bits per heavy atom. The number of carboxylic acids is 1. The predicted molar refractivity (Wildman–Crippen MR) is 268 cm³/mol. The predicted octanol–water partition coefficient (Wildman–Crippen LogP) is 13.9. The van der Waals surface area contributed by atoms with E-state index in [0.29, 0.717) is 49.3 Å². The lowest BCUT2D eigenvalue weighted by atomic mass is 9.78. The Morgan fingerprint density at radius 2 is 1.27 bits per heavy atom. The van der Waals surface area contributed by atoms with Crippen LogP contribution >= 0.6 is 11.3 Å². The second-order valence-corrected chi connectivity index (χ2v) is 19.0. The molecule has 3 heterocycles. The first kappa shape index (κ1) is 47.2. The third-order valence-electron chi connectivity index (χ3n) is 12.9. The van der Waals surface area contributed by atoms with Gasteiger partial charge in [0, 0.05) is 41.2 Å². The van der Waals surface area contributed by atoms with E-state index in [2.05, 4.69) is 78.8 Å². The molecule has 0 radical (unpaired) electrons. The highest BCUT2D eigenvalue weighted by atomic mass is 32.1. The molecule has 3 aliphatic rings. The van der Waals surface area contributed by atoms with Crippen LogP contribution in [0.4, 0.5) is 22.7 Å². The molecule has 0 bridgehead atoms. The number of fused-ring (bicyclic) bond motifs is 2. The van der Waals surface area contributed by atoms with E-state index in [1.54, 1.807) is 18.2 Å². The number of rotatable bonds is 22. The molecule has 0 unspecified atom stereocenters. The Morgan fingerprint density at radius 3 is 1.79 bits per heavy atom. The summed E-state index contributed by atoms with van der Waals surface area (Å²) in [6, 6.07) is 29.9. The van der Waals surface area contributed by atoms with Gasteiger partial charge in [0.2, 0.25) is 11.5 Å². The maximum absolute atomic E-state index is 14.2. The molecule has 8 rings (SSSR count). The molecule has 2 aliphatic heterocycles. The lowest BCUT2D eigenvalue weighted by molar-refractivity contribution is -0.438. The number of carboxylic acid groups (broad SMARTS) is 1. The fourth-order valence-corrected chi connectivity index (χ4v) is 10.3. The normalized spacial score (nSPS) is 15.5. The first-order chi connectivity index (χ1) is 32.5. The molecular weight excluding hydrogens is 861 g/mol. The average Bonchev–Trinajstić information content (AvgIpc) is 3.81. The zero-order valence-corrected chi connectivity index (χ0v) is 40.3. The Hall–Kier alpha value is -6.33. The molecule has 1 aliphatic carbocycles. The van der Waals surface area contributed by atoms with Gasteiger partial charge in [-0.1, -0.05) is 77.8 Å². The van der Waals surface area contributed by atoms with Crippen LogP contribution in [0.15, 0.2) is 108 Å². The van der Waals surface area contributed by atoms with Crippen LogP contribution in [-0.2, 0) is 10.2 Å². The number of hydrogen-bond acceptors (Lipinski definition) is 9. The summed E-state index contributed by atoms with van der Waals surface area (Å²) >= 11 is 1.37. The van der Waals surface area contributed by atoms with Crippen molar-refractivity contribution in [1.29, 1.82) is 0 Å². The van der Waals surface area contributed by atoms with Gasteiger partial charge < -0.3 is 34.1 Å². The number of Topliss-reactive ketones (excluding diaryl/α,β-unsaturated/α-hetero) is 1. The van der Waals surface area contributed by atoms with Crippen LogP contribution in [0.25, 0.3) is 16.0 Å². The Balaban J connectivity index is 1.09. The third kappa shape index (κ3) is 9.89. The van der Waals surface area contributed by atoms with Crippen molar-refractivity contribution < 1.29 is 43.3 Å². The van der Waals surface area contributed by atoms with Crippen LogP contribution in [-0.4, -0.2) is 65.2 Å². The fraction of sp³-hybridized carbons (Fsp3) is 0.375. The van der Waals surface area contributed by atoms with E-state index in [0.717, 1.165) is 94.5 Å². The number of carbonyl (C=O) groups excluding carboxylic acids is 1. The summed E-state index contributed by atoms with van der Waals surface area (Å²) in [6.45, 7) is 13.3. The summed E-state index contributed by atoms with van der Waals surface area (Å²) in [7, 11) is 0. The first-order valence-electron chi connectivity index (χ1n) is 24.1. The lowest BCUT2D eigenvalue weighted by Gasteiger charge is -2.26. The van der Waals surface area contributed by atoms with Crippen LogP contribution in [0.2, 0.25) is 0 Å². The largest absolute Gasteiger partial charge is 0.506 e. The van der Waals surface area contributed by atoms with Crippen molar-refractivity contribution in [1.82, 2.24) is 0 Å². The van der Waals surface area contributed by atoms with Gasteiger partial charge in [-0.25, -0.2) is 4.79 Å². The molecule has 0 fully saturated rings. The number of unbranched alkanes of at least 4 members (excludes halogenated alkanes) is 7. The van der Waals surface area contributed by atoms with Gasteiger partial charge in [0.1, 0.15) is 37.0 Å². The fourth-order valence-electron chi connectivity index (χ4n) is 9.06. The number of aliphatic hydroxyl groups is 1. The van der Waals surface area contributed by atoms with Gasteiger partial charge >= 0.3 is 5.97 Å². The van der Waals surface area contributed by atoms with Crippen LogP contribution < -0.4 is 23.8 Å². The van der Waals surface area contributed by atoms with Crippen LogP contribution in [0, 0.1) is 0 Å². The second-order valence-electron chi connectivity index (χ2n) is 18.0. The molecule has 350 valence electrons. The summed E-state index contributed by atoms with van der Waals surface area (Å²) in [6.07, 6.45) is 12.8. The van der Waals surface area contributed by atoms with Crippen molar-refractivity contribution in [2.24, 2.45) is 0 Å². The topological polar surface area (TPSA) is 118 Å². The SMILES string of the molecule is CCCCCCOc1ccc(N(c2ccc(OCCCCCC)cc2)c2ccc(-c3sc(C4=C(O)/C(=C/C5=[N+](CCCC)c6ccc(C(=O)O)cc6C5(C)C)C4=O)c4c3OCCO4)cc2)cc1. The average molecular weight is 924 g/mol. The summed E-state index contributed by atoms with van der Waals surface area (Å²) in [4.78, 5) is 29.7. The monoisotopic (exact) mass is 923 g/mol. The van der Waals surface area contributed by atoms with E-state index in [1.165, 1.54) is 37.0 Å². The number of anilines is 3. The van der Waals surface area contributed by atoms with E-state index in [9.17, 15) is 19.8 Å². The maximum atomic E-state index is 14.2. The maximum Gasteiger partial charge on any atom is 0.335 e. The van der Waals surface area contributed by atoms with Gasteiger partial charge in [-0.15, -0.1) is 11.3 Å². The number of benzene rings is 4. The van der Waals surface area contributed by atoms with Gasteiger partial charge in [0.05, 0.1) is 45.1 Å². The number of ether oxygens (including phenoxy) is 4. The van der Waals surface area contributed by atoms with Crippen molar-refractivity contribution >= 4 is 57.1 Å². The Kier molecular flexibility index (Phi) is 14.9. The van der Waals surface area contributed by atoms with Crippen LogP contribution in [0.1, 0.15) is 120 Å². The molecule has 4 aromatic carbocycles. The molecule has 0 atom stereocenters. The summed E-state index contributed by atoms with van der Waals surface area (Å²) < 4.78 is 26.8. The van der Waals surface area contributed by atoms with Crippen molar-refractivity contribution in [3.05, 3.63) is 124 Å². The molecule has 0 saturated heterocycles. The van der Waals surface area contributed by atoms with Crippen LogP contribution in [0.3, 0.4) is 0 Å². The van der Waals surface area contributed by atoms with Gasteiger partial charge in [-0.05, 0) is 105 Å². The van der Waals surface area contributed by atoms with Gasteiger partial charge in [-0.2, -0.15) is 4.58 Å². The first-order valence-corrected chi connectivity index (χ1v) is 24.9. The van der Waals surface area contributed by atoms with E-state index in [4.69, 9.17) is 18.9 Å². The zero-order chi connectivity index (χ0) is 47.1. The highest BCUT2D eigenvalue weighted by molar-refractivity contribution is 7.18. The molecule has 67 heavy (non-hydrogen) atoms. The van der Waals surface area contributed by atoms with Crippen molar-refractivity contribution in [3.63, 3.8) is 0 Å². The third-order valence-corrected chi connectivity index (χ3v) is 14.1. The van der Waals surface area contributed by atoms with E-state index in [1.807, 2.05) is 44.2 Å². The van der Waals surface area contributed by atoms with Gasteiger partial charge in [0.25, 0.3) is 0 Å². The Labute approximate surface area is 398 Å². The van der Waals surface area contributed by atoms with E-state index in [-0.39, 0.29) is 28.3 Å². The highest BCUT2D eigenvalue weighted by Crippen LogP contribution is 2.55. The number of hydrogen-bond donors (Lipinski definition) is 2. The molecule has 11 heteroatoms. The van der Waals surface area contributed by atoms with E-state index < -0.39 is 11.4 Å². The van der Waals surface area contributed by atoms with Crippen molar-refractivity contribution in [2.45, 2.75) is 104 Å². The minimum Gasteiger partial charge on any atom is -0.506 e. The standard InChI is InChI=1S/C56H62N2O8S/c1-6-9-12-14-31-63-42-25-21-40(22-26-42)58(41-23-27-43(28-24-41)64-32-15-13-10-7-2)39-19-16-37(17-20-39)53-51-52(66-34-33-65-51)54(67-53)48-49(59)44(50(48)60)36-47-56(4,5)45-35-38(55(61)62)18-29-46(45)57(47)30-11-8-3/h16-29,35-36H,6-15,30-34H2,1-5H3,(H-,59,60,61,62)/p+1. The molecule has 10 nitrogen and oxygen atoms in total. The summed E-state index contributed by atoms with van der Waals surface area (Å²) in [5.41, 5.74) is 6.40. The number of ketones is 1. The number of aliphatic hydroxyl groups excluding tert-OH is 1. The smallest absolute Gasteiger partial charge is 0.335 e. The van der Waals surface area contributed by atoms with Crippen molar-refractivity contribution in [2.75, 3.05) is 37.9 Å². The van der Waals surface area contributed by atoms with Crippen molar-refractivity contribution in [3.8, 4) is 33.4 Å². The van der Waals surface area contributed by atoms with Gasteiger partial charge in [0.15, 0.2) is 17.2 Å². The molecule has 0 amide bonds. The number of allylic oxidation sites excluding steroid dienone is 3. The summed E-state index contributed by atoms with van der Waals surface area (Å²) in [5.74, 6) is 1.32. The molecular formula is C56H63N2O8S+. The zero-order valence-electron chi connectivity index (χ0n) is 39.5. The minimum atomic E-state index is -0.993. The molecule has 0 saturated carbocycles. The van der Waals surface area contributed by atoms with Crippen LogP contribution in [0.5, 0.6) is 23.0 Å². The summed E-state index contributed by atoms with van der Waals surface area (Å²) in [5, 5.41) is 21.5. The minimum absolute atomic E-state index is 0.0949. The molecule has 2 N–H and O–H groups in total. The van der Waals surface area contributed by atoms with Gasteiger partial charge in [-0.3, -0.25) is 4.79 Å². The molecule has 0 spiro atoms. The number of aromatic carboxylic acids is 1. The quantitative estimate of drug-likeness (QED) is 0.0397. The Bertz CT molecular complexity index is 2620. The van der Waals surface area contributed by atoms with E-state index >= 15 is 0 Å². The number of carbonyl (C=O) groups is 2. The highest BCUT2D eigenvalue weighted by Gasteiger charge is 2.48. The molecule has 5 aromatic rings. The second kappa shape index (κ2) is 21.1.